The molecule has 1 aromatic carbocycles. The number of H-pyrrole nitrogens is 1. The van der Waals surface area contributed by atoms with Crippen LogP contribution in [-0.4, -0.2) is 32.2 Å². The lowest BCUT2D eigenvalue weighted by atomic mass is 10.1. The Morgan fingerprint density at radius 3 is 2.52 bits per heavy atom. The Kier molecular flexibility index (Phi) is 3.96. The minimum atomic E-state index is -0.796. The number of nitrogens with two attached hydrogens (primary N) is 1. The lowest BCUT2D eigenvalue weighted by Crippen LogP contribution is -2.18. The number of nitrogen functional groups attached to an aromatic ring is 1. The molecule has 0 aliphatic rings. The maximum atomic E-state index is 11.9. The van der Waals surface area contributed by atoms with Crippen LogP contribution in [0.15, 0.2) is 40.8 Å². The molecule has 0 spiro atoms. The van der Waals surface area contributed by atoms with E-state index in [-0.39, 0.29) is 12.2 Å². The van der Waals surface area contributed by atoms with Crippen LogP contribution in [0.2, 0.25) is 0 Å². The number of hydrogen-bond acceptors (Lipinski definition) is 7. The highest BCUT2D eigenvalue weighted by Gasteiger charge is 2.22. The third-order valence-corrected chi connectivity index (χ3v) is 3.21. The zero-order valence-electron chi connectivity index (χ0n) is 12.0. The smallest absolute Gasteiger partial charge is 0.269 e. The molecule has 0 aliphatic heterocycles. The Morgan fingerprint density at radius 1 is 1.09 bits per heavy atom. The van der Waals surface area contributed by atoms with Crippen molar-refractivity contribution in [1.29, 1.82) is 0 Å². The highest BCUT2D eigenvalue weighted by molar-refractivity contribution is 6.42. The maximum Gasteiger partial charge on any atom is 0.269 e. The molecule has 0 saturated carbocycles. The van der Waals surface area contributed by atoms with E-state index < -0.39 is 11.6 Å². The molecule has 8 nitrogen and oxygen atoms in total. The fraction of sp³-hybridized carbons (Fsp3) is 0.133. The maximum absolute atomic E-state index is 11.9. The Morgan fingerprint density at radius 2 is 1.83 bits per heavy atom. The molecule has 0 aliphatic carbocycles. The fourth-order valence-electron chi connectivity index (χ4n) is 2.07. The van der Waals surface area contributed by atoms with E-state index in [0.717, 1.165) is 5.56 Å². The Hall–Kier alpha value is -3.29. The van der Waals surface area contributed by atoms with Gasteiger partial charge < -0.3 is 10.2 Å². The Labute approximate surface area is 130 Å². The van der Waals surface area contributed by atoms with Gasteiger partial charge in [-0.25, -0.2) is 0 Å². The minimum Gasteiger partial charge on any atom is -0.465 e. The summed E-state index contributed by atoms with van der Waals surface area (Å²) in [6.07, 6.45) is 0.433. The number of nitrogens with zero attached hydrogens (tertiary/aromatic N) is 3. The number of anilines is 1. The van der Waals surface area contributed by atoms with Crippen LogP contribution in [-0.2, 0) is 17.6 Å². The molecular weight excluding hydrogens is 298 g/mol. The number of tetrazole rings is 1. The number of aromatic amines is 1. The number of benzene rings is 1. The lowest BCUT2D eigenvalue weighted by Gasteiger charge is -1.99. The topological polar surface area (TPSA) is 128 Å². The van der Waals surface area contributed by atoms with E-state index in [2.05, 4.69) is 20.6 Å². The van der Waals surface area contributed by atoms with Gasteiger partial charge >= 0.3 is 0 Å². The molecule has 2 aromatic heterocycles. The lowest BCUT2D eigenvalue weighted by molar-refractivity contribution is -0.114. The molecule has 0 amide bonds. The van der Waals surface area contributed by atoms with Crippen molar-refractivity contribution < 1.29 is 14.0 Å². The summed E-state index contributed by atoms with van der Waals surface area (Å²) in [6, 6.07) is 10.9. The van der Waals surface area contributed by atoms with Crippen LogP contribution in [0.5, 0.6) is 0 Å². The standard InChI is InChI=1S/C15H13N5O3/c16-10-3-1-9(2-4-10)7-11-5-6-12(23-11)8-13(21)14(22)15-17-19-20-18-15/h1-6H,7-8,16H2,(H,17,18,19,20). The van der Waals surface area contributed by atoms with Crippen molar-refractivity contribution in [3.63, 3.8) is 0 Å². The van der Waals surface area contributed by atoms with Gasteiger partial charge in [0.25, 0.3) is 5.78 Å². The molecular formula is C15H13N5O3. The van der Waals surface area contributed by atoms with Gasteiger partial charge in [0.15, 0.2) is 0 Å². The number of furan rings is 1. The molecule has 0 atom stereocenters. The SMILES string of the molecule is Nc1ccc(Cc2ccc(CC(=O)C(=O)c3nn[nH]n3)o2)cc1. The number of rotatable bonds is 6. The summed E-state index contributed by atoms with van der Waals surface area (Å²) in [5.74, 6) is -0.583. The quantitative estimate of drug-likeness (QED) is 0.394. The summed E-state index contributed by atoms with van der Waals surface area (Å²) in [5.41, 5.74) is 7.37. The van der Waals surface area contributed by atoms with Crippen LogP contribution in [0, 0.1) is 0 Å². The van der Waals surface area contributed by atoms with Gasteiger partial charge in [-0.15, -0.1) is 10.2 Å². The van der Waals surface area contributed by atoms with Crippen LogP contribution in [0.25, 0.3) is 0 Å². The van der Waals surface area contributed by atoms with Crippen LogP contribution in [0.4, 0.5) is 5.69 Å². The largest absolute Gasteiger partial charge is 0.465 e. The predicted octanol–water partition coefficient (Wildman–Crippen LogP) is 0.960. The average molecular weight is 311 g/mol. The first-order valence-electron chi connectivity index (χ1n) is 6.85. The van der Waals surface area contributed by atoms with Gasteiger partial charge in [0.2, 0.25) is 11.6 Å². The summed E-state index contributed by atoms with van der Waals surface area (Å²) in [6.45, 7) is 0. The van der Waals surface area contributed by atoms with Crippen LogP contribution >= 0.6 is 0 Å². The number of nitrogens with one attached hydrogen (secondary N) is 1. The third-order valence-electron chi connectivity index (χ3n) is 3.21. The number of aromatic nitrogens is 4. The number of Topliss-reactive ketones (excluding diaryl/α,β-unsaturated/α-hetero) is 2. The first-order chi connectivity index (χ1) is 11.1. The molecule has 3 aromatic rings. The zero-order valence-corrected chi connectivity index (χ0v) is 12.0. The van der Waals surface area contributed by atoms with Gasteiger partial charge in [-0.1, -0.05) is 12.1 Å². The second-order valence-electron chi connectivity index (χ2n) is 4.95. The van der Waals surface area contributed by atoms with Gasteiger partial charge in [-0.05, 0) is 35.0 Å². The first-order valence-corrected chi connectivity index (χ1v) is 6.85. The molecule has 3 rings (SSSR count). The summed E-state index contributed by atoms with van der Waals surface area (Å²) in [5, 5.41) is 12.4. The molecule has 3 N–H and O–H groups in total. The minimum absolute atomic E-state index is 0.144. The predicted molar refractivity (Wildman–Crippen MR) is 79.6 cm³/mol. The van der Waals surface area contributed by atoms with Gasteiger partial charge in [0.05, 0.1) is 6.42 Å². The summed E-state index contributed by atoms with van der Waals surface area (Å²) in [4.78, 5) is 23.6. The number of hydrogen-bond donors (Lipinski definition) is 2. The second-order valence-corrected chi connectivity index (χ2v) is 4.95. The Balaban J connectivity index is 1.64. The van der Waals surface area contributed by atoms with E-state index in [9.17, 15) is 9.59 Å². The van der Waals surface area contributed by atoms with Crippen molar-refractivity contribution in [3.05, 3.63) is 59.3 Å². The van der Waals surface area contributed by atoms with Gasteiger partial charge in [0.1, 0.15) is 11.5 Å². The van der Waals surface area contributed by atoms with Crippen molar-refractivity contribution in [3.8, 4) is 0 Å². The summed E-state index contributed by atoms with van der Waals surface area (Å²) < 4.78 is 5.59. The van der Waals surface area contributed by atoms with E-state index in [1.807, 2.05) is 24.3 Å². The van der Waals surface area contributed by atoms with Crippen molar-refractivity contribution in [2.24, 2.45) is 0 Å². The van der Waals surface area contributed by atoms with E-state index >= 15 is 0 Å². The highest BCUT2D eigenvalue weighted by Crippen LogP contribution is 2.15. The van der Waals surface area contributed by atoms with Crippen LogP contribution in [0.1, 0.15) is 27.7 Å². The average Bonchev–Trinajstić information content (AvgIpc) is 3.21. The van der Waals surface area contributed by atoms with Crippen molar-refractivity contribution >= 4 is 17.3 Å². The zero-order chi connectivity index (χ0) is 16.2. The number of carbonyl (C=O) groups excluding carboxylic acids is 2. The molecule has 0 bridgehead atoms. The third kappa shape index (κ3) is 3.49. The van der Waals surface area contributed by atoms with Crippen LogP contribution in [0.3, 0.4) is 0 Å². The molecule has 2 heterocycles. The summed E-state index contributed by atoms with van der Waals surface area (Å²) in [7, 11) is 0. The molecule has 0 unspecified atom stereocenters. The normalized spacial score (nSPS) is 10.6. The fourth-order valence-corrected chi connectivity index (χ4v) is 2.07. The number of carbonyl (C=O) groups is 2. The number of ketones is 2. The Bertz CT molecular complexity index is 821. The van der Waals surface area contributed by atoms with E-state index in [4.69, 9.17) is 10.2 Å². The van der Waals surface area contributed by atoms with Crippen LogP contribution < -0.4 is 5.73 Å². The van der Waals surface area contributed by atoms with Gasteiger partial charge in [0, 0.05) is 12.1 Å². The van der Waals surface area contributed by atoms with Gasteiger partial charge in [-0.3, -0.25) is 9.59 Å². The van der Waals surface area contributed by atoms with Crippen molar-refractivity contribution in [2.75, 3.05) is 5.73 Å². The molecule has 0 saturated heterocycles. The first kappa shape index (κ1) is 14.6. The van der Waals surface area contributed by atoms with E-state index in [1.54, 1.807) is 12.1 Å². The molecule has 0 fully saturated rings. The van der Waals surface area contributed by atoms with Gasteiger partial charge in [-0.2, -0.15) is 5.21 Å². The van der Waals surface area contributed by atoms with E-state index in [0.29, 0.717) is 23.6 Å². The van der Waals surface area contributed by atoms with Crippen molar-refractivity contribution in [1.82, 2.24) is 20.6 Å². The molecule has 0 radical (unpaired) electrons. The highest BCUT2D eigenvalue weighted by atomic mass is 16.3. The van der Waals surface area contributed by atoms with Crippen molar-refractivity contribution in [2.45, 2.75) is 12.8 Å². The van der Waals surface area contributed by atoms with E-state index in [1.165, 1.54) is 0 Å². The summed E-state index contributed by atoms with van der Waals surface area (Å²) >= 11 is 0. The molecule has 23 heavy (non-hydrogen) atoms. The molecule has 116 valence electrons. The second kappa shape index (κ2) is 6.22. The molecule has 8 heteroatoms. The monoisotopic (exact) mass is 311 g/mol.